The number of aromatic amines is 2. The number of esters is 1. The lowest BCUT2D eigenvalue weighted by Gasteiger charge is -1.92. The molecule has 2 N–H and O–H groups in total. The summed E-state index contributed by atoms with van der Waals surface area (Å²) in [4.78, 5) is 20.7. The first-order valence-corrected chi connectivity index (χ1v) is 4.08. The van der Waals surface area contributed by atoms with Crippen LogP contribution in [0.2, 0.25) is 0 Å². The van der Waals surface area contributed by atoms with Crippen molar-refractivity contribution in [1.82, 2.24) is 15.0 Å². The lowest BCUT2D eigenvalue weighted by molar-refractivity contribution is 0.0588. The van der Waals surface area contributed by atoms with E-state index in [0.29, 0.717) is 0 Å². The molecule has 72 valence electrons. The van der Waals surface area contributed by atoms with Crippen LogP contribution in [0.4, 0.5) is 0 Å². The van der Waals surface area contributed by atoms with Crippen molar-refractivity contribution in [2.75, 3.05) is 7.11 Å². The van der Waals surface area contributed by atoms with Crippen LogP contribution in [0.25, 0.3) is 11.3 Å². The highest BCUT2D eigenvalue weighted by Crippen LogP contribution is 2.15. The number of aromatic nitrogens is 3. The number of methoxy groups -OCH3 is 1. The first-order valence-electron chi connectivity index (χ1n) is 4.08. The highest BCUT2D eigenvalue weighted by Gasteiger charge is 2.10. The Morgan fingerprint density at radius 3 is 3.07 bits per heavy atom. The minimum Gasteiger partial charge on any atom is -0.463 e. The van der Waals surface area contributed by atoms with Crippen LogP contribution < -0.4 is 0 Å². The molecule has 0 radical (unpaired) electrons. The molecule has 2 heterocycles. The maximum absolute atomic E-state index is 11.1. The highest BCUT2D eigenvalue weighted by atomic mass is 16.5. The van der Waals surface area contributed by atoms with E-state index in [1.165, 1.54) is 7.11 Å². The summed E-state index contributed by atoms with van der Waals surface area (Å²) < 4.78 is 4.53. The molecule has 14 heavy (non-hydrogen) atoms. The Balaban J connectivity index is 2.31. The van der Waals surface area contributed by atoms with Gasteiger partial charge in [0.1, 0.15) is 0 Å². The lowest BCUT2D eigenvalue weighted by Crippen LogP contribution is -2.02. The van der Waals surface area contributed by atoms with Crippen molar-refractivity contribution in [3.05, 3.63) is 30.5 Å². The summed E-state index contributed by atoms with van der Waals surface area (Å²) in [5.74, 6) is -0.254. The fourth-order valence-corrected chi connectivity index (χ4v) is 1.16. The molecule has 0 atom stereocenters. The van der Waals surface area contributed by atoms with Crippen LogP contribution in [0, 0.1) is 0 Å². The second kappa shape index (κ2) is 3.37. The van der Waals surface area contributed by atoms with Crippen LogP contribution in [0.3, 0.4) is 0 Å². The summed E-state index contributed by atoms with van der Waals surface area (Å²) in [7, 11) is 1.32. The number of H-pyrrole nitrogens is 2. The molecular weight excluding hydrogens is 182 g/mol. The van der Waals surface area contributed by atoms with E-state index < -0.39 is 5.97 Å². The van der Waals surface area contributed by atoms with Gasteiger partial charge in [-0.25, -0.2) is 9.78 Å². The van der Waals surface area contributed by atoms with Crippen LogP contribution in [0.1, 0.15) is 10.6 Å². The number of carbonyl (C=O) groups is 1. The number of hydrogen-bond acceptors (Lipinski definition) is 3. The Bertz CT molecular complexity index is 431. The summed E-state index contributed by atoms with van der Waals surface area (Å²) in [6, 6.07) is 1.88. The van der Waals surface area contributed by atoms with E-state index in [1.54, 1.807) is 12.4 Å². The second-order valence-corrected chi connectivity index (χ2v) is 2.74. The van der Waals surface area contributed by atoms with Crippen molar-refractivity contribution in [2.45, 2.75) is 0 Å². The SMILES string of the molecule is COC(=O)c1ncc(-c2cc[nH]c2)[nH]1. The summed E-state index contributed by atoms with van der Waals surface area (Å²) in [5, 5.41) is 0. The van der Waals surface area contributed by atoms with Gasteiger partial charge in [-0.15, -0.1) is 0 Å². The predicted octanol–water partition coefficient (Wildman–Crippen LogP) is 1.19. The number of rotatable bonds is 2. The standard InChI is InChI=1S/C9H9N3O2/c1-14-9(13)8-11-5-7(12-8)6-2-3-10-4-6/h2-5,10H,1H3,(H,11,12). The molecule has 0 aliphatic carbocycles. The Morgan fingerprint density at radius 1 is 1.57 bits per heavy atom. The number of hydrogen-bond donors (Lipinski definition) is 2. The molecular formula is C9H9N3O2. The topological polar surface area (TPSA) is 70.8 Å². The molecule has 0 amide bonds. The zero-order valence-corrected chi connectivity index (χ0v) is 7.57. The molecule has 0 bridgehead atoms. The maximum atomic E-state index is 11.1. The number of ether oxygens (including phenoxy) is 1. The Morgan fingerprint density at radius 2 is 2.43 bits per heavy atom. The Labute approximate surface area is 80.1 Å². The molecule has 0 aliphatic heterocycles. The third-order valence-electron chi connectivity index (χ3n) is 1.86. The zero-order chi connectivity index (χ0) is 9.97. The summed E-state index contributed by atoms with van der Waals surface area (Å²) in [5.41, 5.74) is 1.74. The number of imidazole rings is 1. The Hall–Kier alpha value is -2.04. The van der Waals surface area contributed by atoms with Crippen LogP contribution in [0.5, 0.6) is 0 Å². The molecule has 5 nitrogen and oxygen atoms in total. The van der Waals surface area contributed by atoms with Gasteiger partial charge in [0.05, 0.1) is 19.0 Å². The van der Waals surface area contributed by atoms with Gasteiger partial charge >= 0.3 is 5.97 Å². The molecule has 0 saturated heterocycles. The van der Waals surface area contributed by atoms with Gasteiger partial charge in [0.15, 0.2) is 0 Å². The first kappa shape index (κ1) is 8.55. The van der Waals surface area contributed by atoms with Crippen molar-refractivity contribution in [2.24, 2.45) is 0 Å². The summed E-state index contributed by atoms with van der Waals surface area (Å²) in [6.45, 7) is 0. The summed E-state index contributed by atoms with van der Waals surface area (Å²) in [6.07, 6.45) is 5.21. The van der Waals surface area contributed by atoms with Gasteiger partial charge in [-0.2, -0.15) is 0 Å². The van der Waals surface area contributed by atoms with Gasteiger partial charge in [0, 0.05) is 18.0 Å². The molecule has 5 heteroatoms. The van der Waals surface area contributed by atoms with Crippen LogP contribution in [0.15, 0.2) is 24.7 Å². The normalized spacial score (nSPS) is 10.1. The smallest absolute Gasteiger partial charge is 0.374 e. The minimum absolute atomic E-state index is 0.212. The molecule has 0 saturated carbocycles. The molecule has 2 aromatic heterocycles. The van der Waals surface area contributed by atoms with Gasteiger partial charge in [0.2, 0.25) is 5.82 Å². The third kappa shape index (κ3) is 1.39. The zero-order valence-electron chi connectivity index (χ0n) is 7.57. The van der Waals surface area contributed by atoms with Crippen LogP contribution in [-0.4, -0.2) is 28.0 Å². The number of nitrogens with one attached hydrogen (secondary N) is 2. The number of nitrogens with zero attached hydrogens (tertiary/aromatic N) is 1. The van der Waals surface area contributed by atoms with Gasteiger partial charge in [0.25, 0.3) is 0 Å². The largest absolute Gasteiger partial charge is 0.463 e. The van der Waals surface area contributed by atoms with E-state index in [-0.39, 0.29) is 5.82 Å². The Kier molecular flexibility index (Phi) is 2.06. The molecule has 2 rings (SSSR count). The number of carbonyl (C=O) groups excluding carboxylic acids is 1. The van der Waals surface area contributed by atoms with Gasteiger partial charge in [-0.05, 0) is 6.07 Å². The quantitative estimate of drug-likeness (QED) is 0.700. The van der Waals surface area contributed by atoms with Crippen LogP contribution >= 0.6 is 0 Å². The van der Waals surface area contributed by atoms with E-state index in [0.717, 1.165) is 11.3 Å². The summed E-state index contributed by atoms with van der Waals surface area (Å²) >= 11 is 0. The molecule has 0 aliphatic rings. The molecule has 2 aromatic rings. The predicted molar refractivity (Wildman–Crippen MR) is 49.7 cm³/mol. The van der Waals surface area contributed by atoms with Gasteiger partial charge in [-0.3, -0.25) is 0 Å². The highest BCUT2D eigenvalue weighted by molar-refractivity contribution is 5.86. The molecule has 0 unspecified atom stereocenters. The first-order chi connectivity index (χ1) is 6.81. The van der Waals surface area contributed by atoms with E-state index in [2.05, 4.69) is 19.7 Å². The van der Waals surface area contributed by atoms with E-state index >= 15 is 0 Å². The maximum Gasteiger partial charge on any atom is 0.374 e. The molecule has 0 fully saturated rings. The van der Waals surface area contributed by atoms with Crippen LogP contribution in [-0.2, 0) is 4.74 Å². The second-order valence-electron chi connectivity index (χ2n) is 2.74. The third-order valence-corrected chi connectivity index (χ3v) is 1.86. The van der Waals surface area contributed by atoms with Gasteiger partial charge < -0.3 is 14.7 Å². The lowest BCUT2D eigenvalue weighted by atomic mass is 10.3. The average Bonchev–Trinajstić information content (AvgIpc) is 2.86. The van der Waals surface area contributed by atoms with Crippen molar-refractivity contribution < 1.29 is 9.53 Å². The van der Waals surface area contributed by atoms with Crippen molar-refractivity contribution >= 4 is 5.97 Å². The fourth-order valence-electron chi connectivity index (χ4n) is 1.16. The van der Waals surface area contributed by atoms with Crippen molar-refractivity contribution in [3.63, 3.8) is 0 Å². The molecule has 0 spiro atoms. The fraction of sp³-hybridized carbons (Fsp3) is 0.111. The van der Waals surface area contributed by atoms with E-state index in [9.17, 15) is 4.79 Å². The van der Waals surface area contributed by atoms with E-state index in [1.807, 2.05) is 12.3 Å². The van der Waals surface area contributed by atoms with Gasteiger partial charge in [-0.1, -0.05) is 0 Å². The minimum atomic E-state index is -0.466. The van der Waals surface area contributed by atoms with Crippen molar-refractivity contribution in [3.8, 4) is 11.3 Å². The monoisotopic (exact) mass is 191 g/mol. The molecule has 0 aromatic carbocycles. The average molecular weight is 191 g/mol. The van der Waals surface area contributed by atoms with E-state index in [4.69, 9.17) is 0 Å². The van der Waals surface area contributed by atoms with Crippen molar-refractivity contribution in [1.29, 1.82) is 0 Å².